The second-order valence-electron chi connectivity index (χ2n) is 14.9. The van der Waals surface area contributed by atoms with Gasteiger partial charge in [0.1, 0.15) is 6.61 Å². The van der Waals surface area contributed by atoms with Crippen molar-refractivity contribution < 1.29 is 39.1 Å². The lowest BCUT2D eigenvalue weighted by molar-refractivity contribution is -0.123. The standard InChI is InChI=1S/C22H25NO4.C19H19NO3.C3H7IO/c1-22(2,3)21(25)23-14-9-10-16-15-7-5-6-8-17(15)20(27-12-11-26-4)19(24)18(16)13-14;1-19(2,3)18(23)20-11-8-9-13-12-6-4-5-7-14(12)16(21)17(22)15(13)10-11;1-5-3-2-4/h5-10,13,24H,11-12H2,1-4H3,(H,23,25);4-10,21-22H,1-3H3,(H,20,23);2-3H2,1H3. The van der Waals surface area contributed by atoms with Crippen molar-refractivity contribution in [2.75, 3.05) is 49.1 Å². The van der Waals surface area contributed by atoms with Crippen LogP contribution < -0.4 is 15.4 Å². The van der Waals surface area contributed by atoms with Crippen molar-refractivity contribution in [3.8, 4) is 23.0 Å². The number of rotatable bonds is 8. The van der Waals surface area contributed by atoms with Crippen LogP contribution in [0.25, 0.3) is 43.1 Å². The lowest BCUT2D eigenvalue weighted by Crippen LogP contribution is -2.27. The van der Waals surface area contributed by atoms with Gasteiger partial charge in [0, 0.05) is 62.4 Å². The Morgan fingerprint density at radius 2 is 0.945 bits per heavy atom. The Kier molecular flexibility index (Phi) is 14.5. The number of halogens is 1. The molecule has 2 amide bonds. The second-order valence-corrected chi connectivity index (χ2v) is 16.0. The molecular formula is C44H51IN2O8. The Morgan fingerprint density at radius 3 is 1.38 bits per heavy atom. The molecule has 10 nitrogen and oxygen atoms in total. The Morgan fingerprint density at radius 1 is 0.545 bits per heavy atom. The molecule has 0 aromatic heterocycles. The van der Waals surface area contributed by atoms with Gasteiger partial charge in [-0.05, 0) is 45.8 Å². The number of ether oxygens (including phenoxy) is 3. The van der Waals surface area contributed by atoms with E-state index in [9.17, 15) is 24.9 Å². The number of carbonyl (C=O) groups excluding carboxylic acids is 2. The lowest BCUT2D eigenvalue weighted by atomic mass is 9.95. The molecule has 6 aromatic carbocycles. The van der Waals surface area contributed by atoms with Gasteiger partial charge in [0.2, 0.25) is 11.8 Å². The number of phenols is 3. The van der Waals surface area contributed by atoms with Crippen LogP contribution in [-0.2, 0) is 19.1 Å². The van der Waals surface area contributed by atoms with E-state index in [0.29, 0.717) is 46.5 Å². The fourth-order valence-electron chi connectivity index (χ4n) is 5.54. The lowest BCUT2D eigenvalue weighted by Gasteiger charge is -2.19. The van der Waals surface area contributed by atoms with Gasteiger partial charge in [-0.15, -0.1) is 0 Å². The predicted molar refractivity (Wildman–Crippen MR) is 232 cm³/mol. The Bertz CT molecular complexity index is 2290. The molecule has 55 heavy (non-hydrogen) atoms. The van der Waals surface area contributed by atoms with Crippen LogP contribution in [-0.4, -0.2) is 65.6 Å². The highest BCUT2D eigenvalue weighted by molar-refractivity contribution is 14.1. The molecule has 6 rings (SSSR count). The first-order chi connectivity index (χ1) is 26.0. The quantitative estimate of drug-likeness (QED) is 0.0334. The zero-order valence-corrected chi connectivity index (χ0v) is 34.8. The Hall–Kier alpha value is -4.85. The molecule has 11 heteroatoms. The SMILES string of the molecule is CC(C)(C)C(=O)Nc1ccc2c(c1)c(O)c(O)c1ccccc12.COCCI.COCCOc1c(O)c2cc(NC(=O)C(C)(C)C)ccc2c2ccccc12. The van der Waals surface area contributed by atoms with Crippen LogP contribution in [0.15, 0.2) is 84.9 Å². The van der Waals surface area contributed by atoms with Gasteiger partial charge >= 0.3 is 0 Å². The largest absolute Gasteiger partial charge is 0.504 e. The van der Waals surface area contributed by atoms with Gasteiger partial charge in [0.15, 0.2) is 23.0 Å². The number of alkyl halides is 1. The average Bonchev–Trinajstić information content (AvgIpc) is 3.15. The highest BCUT2D eigenvalue weighted by Crippen LogP contribution is 2.44. The highest BCUT2D eigenvalue weighted by Gasteiger charge is 2.23. The molecular weight excluding hydrogens is 811 g/mol. The summed E-state index contributed by atoms with van der Waals surface area (Å²) >= 11 is 2.26. The number of aromatic hydroxyl groups is 3. The molecule has 0 saturated heterocycles. The molecule has 0 saturated carbocycles. The maximum atomic E-state index is 12.3. The number of nitrogens with one attached hydrogen (secondary N) is 2. The molecule has 0 heterocycles. The van der Waals surface area contributed by atoms with Gasteiger partial charge in [0.05, 0.1) is 13.2 Å². The average molecular weight is 863 g/mol. The summed E-state index contributed by atoms with van der Waals surface area (Å²) in [7, 11) is 3.31. The van der Waals surface area contributed by atoms with E-state index >= 15 is 0 Å². The summed E-state index contributed by atoms with van der Waals surface area (Å²) in [5.41, 5.74) is 0.204. The van der Waals surface area contributed by atoms with E-state index in [1.807, 2.05) is 102 Å². The van der Waals surface area contributed by atoms with Gasteiger partial charge in [-0.1, -0.05) is 125 Å². The van der Waals surface area contributed by atoms with E-state index in [1.165, 1.54) is 0 Å². The molecule has 0 aliphatic rings. The number of carbonyl (C=O) groups is 2. The maximum absolute atomic E-state index is 12.3. The summed E-state index contributed by atoms with van der Waals surface area (Å²) in [6, 6.07) is 26.0. The third-order valence-corrected chi connectivity index (χ3v) is 9.06. The number of fused-ring (bicyclic) bond motifs is 6. The van der Waals surface area contributed by atoms with Crippen LogP contribution >= 0.6 is 22.6 Å². The number of hydrogen-bond acceptors (Lipinski definition) is 8. The third kappa shape index (κ3) is 10.5. The highest BCUT2D eigenvalue weighted by atomic mass is 127. The summed E-state index contributed by atoms with van der Waals surface area (Å²) in [6.45, 7) is 12.7. The minimum atomic E-state index is -0.511. The number of methoxy groups -OCH3 is 2. The topological polar surface area (TPSA) is 147 Å². The number of amides is 2. The van der Waals surface area contributed by atoms with Crippen molar-refractivity contribution in [2.24, 2.45) is 10.8 Å². The van der Waals surface area contributed by atoms with Gasteiger partial charge in [-0.25, -0.2) is 0 Å². The number of benzene rings is 6. The minimum Gasteiger partial charge on any atom is -0.504 e. The molecule has 0 spiro atoms. The molecule has 292 valence electrons. The van der Waals surface area contributed by atoms with Crippen LogP contribution in [0.2, 0.25) is 0 Å². The van der Waals surface area contributed by atoms with Gasteiger partial charge < -0.3 is 40.2 Å². The number of anilines is 2. The Labute approximate surface area is 335 Å². The molecule has 0 fully saturated rings. The van der Waals surface area contributed by atoms with Crippen molar-refractivity contribution in [1.29, 1.82) is 0 Å². The van der Waals surface area contributed by atoms with E-state index < -0.39 is 10.8 Å². The van der Waals surface area contributed by atoms with Crippen molar-refractivity contribution in [3.05, 3.63) is 84.9 Å². The van der Waals surface area contributed by atoms with Crippen molar-refractivity contribution in [2.45, 2.75) is 41.5 Å². The maximum Gasteiger partial charge on any atom is 0.229 e. The summed E-state index contributed by atoms with van der Waals surface area (Å²) in [4.78, 5) is 24.4. The second kappa shape index (κ2) is 18.7. The molecule has 5 N–H and O–H groups in total. The molecule has 0 bridgehead atoms. The summed E-state index contributed by atoms with van der Waals surface area (Å²) < 4.78 is 16.6. The van der Waals surface area contributed by atoms with E-state index in [2.05, 4.69) is 38.0 Å². The minimum absolute atomic E-state index is 0.0617. The van der Waals surface area contributed by atoms with Crippen molar-refractivity contribution >= 4 is 88.9 Å². The first kappa shape index (κ1) is 42.9. The van der Waals surface area contributed by atoms with Crippen LogP contribution in [0.1, 0.15) is 41.5 Å². The molecule has 0 unspecified atom stereocenters. The zero-order valence-electron chi connectivity index (χ0n) is 32.7. The van der Waals surface area contributed by atoms with Gasteiger partial charge in [0.25, 0.3) is 0 Å². The predicted octanol–water partition coefficient (Wildman–Crippen LogP) is 10.2. The zero-order chi connectivity index (χ0) is 40.5. The normalized spacial score (nSPS) is 11.4. The molecule has 6 aromatic rings. The molecule has 0 aliphatic carbocycles. The molecule has 0 atom stereocenters. The Balaban J connectivity index is 0.000000220. The fourth-order valence-corrected chi connectivity index (χ4v) is 5.98. The first-order valence-corrected chi connectivity index (χ1v) is 19.4. The monoisotopic (exact) mass is 862 g/mol. The summed E-state index contributed by atoms with van der Waals surface area (Å²) in [5.74, 6) is -0.0286. The van der Waals surface area contributed by atoms with E-state index in [-0.39, 0.29) is 29.1 Å². The number of hydrogen-bond donors (Lipinski definition) is 5. The molecule has 0 radical (unpaired) electrons. The van der Waals surface area contributed by atoms with Gasteiger partial charge in [-0.3, -0.25) is 9.59 Å². The van der Waals surface area contributed by atoms with Crippen LogP contribution in [0, 0.1) is 10.8 Å². The summed E-state index contributed by atoms with van der Waals surface area (Å²) in [5, 5.41) is 43.3. The summed E-state index contributed by atoms with van der Waals surface area (Å²) in [6.07, 6.45) is 0. The van der Waals surface area contributed by atoms with E-state index in [1.54, 1.807) is 38.5 Å². The van der Waals surface area contributed by atoms with Gasteiger partial charge in [-0.2, -0.15) is 0 Å². The van der Waals surface area contributed by atoms with Crippen LogP contribution in [0.5, 0.6) is 23.0 Å². The first-order valence-electron chi connectivity index (χ1n) is 17.9. The van der Waals surface area contributed by atoms with Crippen molar-refractivity contribution in [1.82, 2.24) is 0 Å². The molecule has 0 aliphatic heterocycles. The third-order valence-electron chi connectivity index (χ3n) is 8.62. The van der Waals surface area contributed by atoms with E-state index in [0.717, 1.165) is 38.0 Å². The fraction of sp³-hybridized carbons (Fsp3) is 0.318. The van der Waals surface area contributed by atoms with Crippen molar-refractivity contribution in [3.63, 3.8) is 0 Å². The van der Waals surface area contributed by atoms with Crippen LogP contribution in [0.3, 0.4) is 0 Å². The van der Waals surface area contributed by atoms with Crippen LogP contribution in [0.4, 0.5) is 11.4 Å². The smallest absolute Gasteiger partial charge is 0.229 e. The number of phenolic OH excluding ortho intramolecular Hbond substituents is 3. The van der Waals surface area contributed by atoms with E-state index in [4.69, 9.17) is 9.47 Å².